The number of ether oxygens (including phenoxy) is 1. The summed E-state index contributed by atoms with van der Waals surface area (Å²) in [7, 11) is 0. The molecule has 0 saturated carbocycles. The van der Waals surface area contributed by atoms with Crippen LogP contribution in [0.15, 0.2) is 188 Å². The Hall–Kier alpha value is -6.68. The number of hydrogen-bond acceptors (Lipinski definition) is 4. The Morgan fingerprint density at radius 1 is 0.522 bits per heavy atom. The summed E-state index contributed by atoms with van der Waals surface area (Å²) in [5.74, 6) is 2.04. The third-order valence-corrected chi connectivity index (χ3v) is 12.9. The van der Waals surface area contributed by atoms with Crippen LogP contribution in [0.4, 0.5) is 11.4 Å². The second-order valence-corrected chi connectivity index (χ2v) is 20.0. The van der Waals surface area contributed by atoms with Gasteiger partial charge in [-0.15, -0.1) is 48.1 Å². The van der Waals surface area contributed by atoms with E-state index in [4.69, 9.17) is 9.72 Å². The molecule has 0 atom stereocenters. The fourth-order valence-electron chi connectivity index (χ4n) is 9.04. The molecule has 1 aliphatic heterocycles. The first kappa shape index (κ1) is 45.5. The summed E-state index contributed by atoms with van der Waals surface area (Å²) < 4.78 is 8.94. The SMILES string of the molecule is CC(C)(C)C1=CN(c2cc(-c3ccccc3)cc(C(C)(C)c3ccccc3)c2)[CH-]N1c1[c-]c(Oc2[c-]c3c(cc2)c2cc(-c4ccccc4)ccc2n3-c2cc(C(C)(C)C)ccn2)ccc1.[Pt]. The van der Waals surface area contributed by atoms with Crippen LogP contribution in [0.25, 0.3) is 49.9 Å². The predicted molar refractivity (Wildman–Crippen MR) is 274 cm³/mol. The minimum absolute atomic E-state index is 0. The van der Waals surface area contributed by atoms with Gasteiger partial charge in [-0.1, -0.05) is 170 Å². The second-order valence-electron chi connectivity index (χ2n) is 20.0. The zero-order chi connectivity index (χ0) is 45.8. The molecule has 67 heavy (non-hydrogen) atoms. The number of hydrogen-bond donors (Lipinski definition) is 0. The topological polar surface area (TPSA) is 33.5 Å². The first-order chi connectivity index (χ1) is 31.7. The van der Waals surface area contributed by atoms with Crippen molar-refractivity contribution < 1.29 is 25.8 Å². The van der Waals surface area contributed by atoms with E-state index >= 15 is 0 Å². The van der Waals surface area contributed by atoms with Gasteiger partial charge in [-0.05, 0) is 86.3 Å². The van der Waals surface area contributed by atoms with Gasteiger partial charge in [0, 0.05) is 66.5 Å². The number of rotatable bonds is 9. The molecule has 2 aromatic heterocycles. The minimum Gasteiger partial charge on any atom is -0.509 e. The van der Waals surface area contributed by atoms with Crippen molar-refractivity contribution in [1.82, 2.24) is 9.55 Å². The van der Waals surface area contributed by atoms with Gasteiger partial charge in [0.15, 0.2) is 0 Å². The molecule has 0 radical (unpaired) electrons. The van der Waals surface area contributed by atoms with E-state index in [0.717, 1.165) is 50.3 Å². The average Bonchev–Trinajstić information content (AvgIpc) is 3.93. The molecule has 9 aromatic rings. The van der Waals surface area contributed by atoms with E-state index in [1.807, 2.05) is 24.4 Å². The molecule has 6 heteroatoms. The molecule has 5 nitrogen and oxygen atoms in total. The molecule has 0 saturated heterocycles. The average molecular weight is 1060 g/mol. The van der Waals surface area contributed by atoms with Gasteiger partial charge in [0.25, 0.3) is 0 Å². The fraction of sp³-hybridized carbons (Fsp3) is 0.180. The molecule has 0 amide bonds. The van der Waals surface area contributed by atoms with Crippen LogP contribution in [0.1, 0.15) is 72.1 Å². The third kappa shape index (κ3) is 8.98. The number of allylic oxidation sites excluding steroid dienone is 1. The Morgan fingerprint density at radius 2 is 1.19 bits per heavy atom. The van der Waals surface area contributed by atoms with Crippen molar-refractivity contribution in [2.24, 2.45) is 5.41 Å². The van der Waals surface area contributed by atoms with Crippen LogP contribution in [-0.4, -0.2) is 9.55 Å². The summed E-state index contributed by atoms with van der Waals surface area (Å²) in [5.41, 5.74) is 13.0. The van der Waals surface area contributed by atoms with Gasteiger partial charge in [-0.3, -0.25) is 0 Å². The van der Waals surface area contributed by atoms with Crippen LogP contribution in [0.5, 0.6) is 11.5 Å². The number of benzene rings is 7. The number of aromatic nitrogens is 2. The van der Waals surface area contributed by atoms with Gasteiger partial charge in [-0.25, -0.2) is 4.98 Å². The number of fused-ring (bicyclic) bond motifs is 3. The molecule has 0 bridgehead atoms. The minimum atomic E-state index is -0.233. The summed E-state index contributed by atoms with van der Waals surface area (Å²) in [6.45, 7) is 20.3. The molecule has 0 spiro atoms. The van der Waals surface area contributed by atoms with Crippen molar-refractivity contribution in [3.63, 3.8) is 0 Å². The number of pyridine rings is 1. The van der Waals surface area contributed by atoms with E-state index in [1.165, 1.54) is 33.4 Å². The van der Waals surface area contributed by atoms with Gasteiger partial charge >= 0.3 is 0 Å². The molecular weight excluding hydrogens is 1000 g/mol. The van der Waals surface area contributed by atoms with E-state index in [1.54, 1.807) is 0 Å². The molecule has 10 rings (SSSR count). The standard InChI is InChI=1S/C61H55N4O.Pt/c1-59(2,3)47-31-32-62-58(37-47)65-55-30-27-44(42-19-12-9-13-20-42)35-54(55)53-29-28-52(39-56(53)65)66-51-26-18-25-49(38-51)64-41-63(40-57(64)60(4,5)6)50-34-45(43-21-14-10-15-22-43)33-48(36-50)61(7,8)46-23-16-11-17-24-46;/h9-37,40-41H,1-8H3;/q-3;. The zero-order valence-corrected chi connectivity index (χ0v) is 41.7. The summed E-state index contributed by atoms with van der Waals surface area (Å²) in [6.07, 6.45) is 4.17. The fourth-order valence-corrected chi connectivity index (χ4v) is 9.04. The first-order valence-corrected chi connectivity index (χ1v) is 22.9. The summed E-state index contributed by atoms with van der Waals surface area (Å²) in [5, 5.41) is 2.21. The molecule has 3 heterocycles. The normalized spacial score (nSPS) is 13.2. The molecular formula is C61H55N4OPt-3. The summed E-state index contributed by atoms with van der Waals surface area (Å²) in [6, 6.07) is 67.5. The van der Waals surface area contributed by atoms with E-state index in [0.29, 0.717) is 11.5 Å². The van der Waals surface area contributed by atoms with Crippen LogP contribution < -0.4 is 14.5 Å². The van der Waals surface area contributed by atoms with E-state index in [2.05, 4.69) is 246 Å². The molecule has 7 aromatic carbocycles. The molecule has 0 aliphatic carbocycles. The largest absolute Gasteiger partial charge is 0.509 e. The molecule has 0 fully saturated rings. The molecule has 338 valence electrons. The Bertz CT molecular complexity index is 3250. The van der Waals surface area contributed by atoms with Crippen molar-refractivity contribution >= 4 is 33.2 Å². The van der Waals surface area contributed by atoms with Crippen LogP contribution >= 0.6 is 0 Å². The maximum absolute atomic E-state index is 6.72. The van der Waals surface area contributed by atoms with E-state index in [9.17, 15) is 0 Å². The van der Waals surface area contributed by atoms with Crippen molar-refractivity contribution in [2.45, 2.75) is 66.2 Å². The zero-order valence-electron chi connectivity index (χ0n) is 39.4. The first-order valence-electron chi connectivity index (χ1n) is 22.9. The Kier molecular flexibility index (Phi) is 12.1. The smallest absolute Gasteiger partial charge is 0.135 e. The summed E-state index contributed by atoms with van der Waals surface area (Å²) in [4.78, 5) is 9.43. The van der Waals surface area contributed by atoms with Gasteiger partial charge in [-0.2, -0.15) is 12.1 Å². The predicted octanol–water partition coefficient (Wildman–Crippen LogP) is 15.9. The monoisotopic (exact) mass is 1050 g/mol. The van der Waals surface area contributed by atoms with E-state index in [-0.39, 0.29) is 37.3 Å². The Labute approximate surface area is 410 Å². The van der Waals surface area contributed by atoms with Crippen LogP contribution in [-0.2, 0) is 31.9 Å². The summed E-state index contributed by atoms with van der Waals surface area (Å²) >= 11 is 0. The quantitative estimate of drug-likeness (QED) is 0.135. The number of nitrogens with zero attached hydrogens (tertiary/aromatic N) is 4. The van der Waals surface area contributed by atoms with Gasteiger partial charge in [0.2, 0.25) is 0 Å². The maximum atomic E-state index is 6.72. The van der Waals surface area contributed by atoms with Gasteiger partial charge < -0.3 is 19.1 Å². The Morgan fingerprint density at radius 3 is 1.88 bits per heavy atom. The Balaban J connectivity index is 0.00000562. The van der Waals surface area contributed by atoms with Crippen molar-refractivity contribution in [2.75, 3.05) is 9.80 Å². The second kappa shape index (κ2) is 17.8. The molecule has 0 unspecified atom stereocenters. The van der Waals surface area contributed by atoms with E-state index < -0.39 is 0 Å². The van der Waals surface area contributed by atoms with Crippen LogP contribution in [0, 0.1) is 24.2 Å². The van der Waals surface area contributed by atoms with Crippen LogP contribution in [0.2, 0.25) is 0 Å². The molecule has 0 N–H and O–H groups in total. The number of anilines is 2. The van der Waals surface area contributed by atoms with Gasteiger partial charge in [0.1, 0.15) is 5.82 Å². The third-order valence-electron chi connectivity index (χ3n) is 12.9. The van der Waals surface area contributed by atoms with Crippen LogP contribution in [0.3, 0.4) is 0 Å². The van der Waals surface area contributed by atoms with Crippen molar-refractivity contribution in [3.05, 3.63) is 223 Å². The van der Waals surface area contributed by atoms with Gasteiger partial charge in [0.05, 0.1) is 0 Å². The van der Waals surface area contributed by atoms with Crippen molar-refractivity contribution in [1.29, 1.82) is 0 Å². The maximum Gasteiger partial charge on any atom is 0.135 e. The molecule has 1 aliphatic rings. The van der Waals surface area contributed by atoms with Crippen molar-refractivity contribution in [3.8, 4) is 39.6 Å².